The van der Waals surface area contributed by atoms with Gasteiger partial charge in [-0.2, -0.15) is 0 Å². The first-order chi connectivity index (χ1) is 7.20. The summed E-state index contributed by atoms with van der Waals surface area (Å²) >= 11 is 0. The molecule has 15 heavy (non-hydrogen) atoms. The van der Waals surface area contributed by atoms with Crippen molar-refractivity contribution >= 4 is 5.97 Å². The summed E-state index contributed by atoms with van der Waals surface area (Å²) in [5, 5.41) is 8.68. The van der Waals surface area contributed by atoms with E-state index in [1.54, 1.807) is 7.11 Å². The molecule has 3 nitrogen and oxygen atoms in total. The molecule has 1 aliphatic carbocycles. The van der Waals surface area contributed by atoms with E-state index in [0.29, 0.717) is 5.92 Å². The molecule has 1 aliphatic rings. The fourth-order valence-electron chi connectivity index (χ4n) is 1.77. The maximum atomic E-state index is 10.6. The van der Waals surface area contributed by atoms with Crippen molar-refractivity contribution in [2.45, 2.75) is 25.2 Å². The molecule has 1 aromatic carbocycles. The Hall–Kier alpha value is -1.51. The first-order valence-corrected chi connectivity index (χ1v) is 5.09. The molecule has 0 radical (unpaired) electrons. The Morgan fingerprint density at radius 1 is 1.53 bits per heavy atom. The van der Waals surface area contributed by atoms with Crippen molar-refractivity contribution in [3.8, 4) is 5.75 Å². The van der Waals surface area contributed by atoms with Crippen molar-refractivity contribution in [1.29, 1.82) is 0 Å². The zero-order chi connectivity index (χ0) is 10.8. The maximum absolute atomic E-state index is 10.6. The van der Waals surface area contributed by atoms with Crippen LogP contribution in [0.4, 0.5) is 0 Å². The SMILES string of the molecule is COc1cc(CC(=O)O)ccc1C1CC1. The topological polar surface area (TPSA) is 46.5 Å². The van der Waals surface area contributed by atoms with E-state index in [1.165, 1.54) is 18.4 Å². The van der Waals surface area contributed by atoms with E-state index < -0.39 is 5.97 Å². The van der Waals surface area contributed by atoms with Crippen LogP contribution in [-0.2, 0) is 11.2 Å². The van der Waals surface area contributed by atoms with Gasteiger partial charge in [-0.3, -0.25) is 4.79 Å². The number of methoxy groups -OCH3 is 1. The van der Waals surface area contributed by atoms with E-state index in [-0.39, 0.29) is 6.42 Å². The highest BCUT2D eigenvalue weighted by molar-refractivity contribution is 5.70. The number of hydrogen-bond acceptors (Lipinski definition) is 2. The van der Waals surface area contributed by atoms with Crippen LogP contribution in [0.5, 0.6) is 5.75 Å². The van der Waals surface area contributed by atoms with Crippen molar-refractivity contribution in [3.63, 3.8) is 0 Å². The Kier molecular flexibility index (Phi) is 2.62. The lowest BCUT2D eigenvalue weighted by atomic mass is 10.0. The molecule has 0 heterocycles. The zero-order valence-electron chi connectivity index (χ0n) is 8.69. The number of carboxylic acids is 1. The second kappa shape index (κ2) is 3.93. The molecular formula is C12H14O3. The van der Waals surface area contributed by atoms with Crippen LogP contribution in [0.3, 0.4) is 0 Å². The highest BCUT2D eigenvalue weighted by Gasteiger charge is 2.26. The van der Waals surface area contributed by atoms with Crippen LogP contribution in [0.15, 0.2) is 18.2 Å². The van der Waals surface area contributed by atoms with Crippen LogP contribution in [0.2, 0.25) is 0 Å². The average molecular weight is 206 g/mol. The van der Waals surface area contributed by atoms with Gasteiger partial charge < -0.3 is 9.84 Å². The lowest BCUT2D eigenvalue weighted by Crippen LogP contribution is -2.01. The Morgan fingerprint density at radius 3 is 2.80 bits per heavy atom. The second-order valence-electron chi connectivity index (χ2n) is 3.92. The van der Waals surface area contributed by atoms with Gasteiger partial charge in [-0.05, 0) is 36.0 Å². The van der Waals surface area contributed by atoms with Crippen LogP contribution in [0.25, 0.3) is 0 Å². The van der Waals surface area contributed by atoms with Gasteiger partial charge in [0.25, 0.3) is 0 Å². The van der Waals surface area contributed by atoms with Gasteiger partial charge in [-0.1, -0.05) is 12.1 Å². The molecule has 2 rings (SSSR count). The third kappa shape index (κ3) is 2.29. The van der Waals surface area contributed by atoms with E-state index in [0.717, 1.165) is 11.3 Å². The summed E-state index contributed by atoms with van der Waals surface area (Å²) in [4.78, 5) is 10.6. The highest BCUT2D eigenvalue weighted by atomic mass is 16.5. The minimum absolute atomic E-state index is 0.0569. The van der Waals surface area contributed by atoms with Crippen molar-refractivity contribution in [2.24, 2.45) is 0 Å². The van der Waals surface area contributed by atoms with Crippen molar-refractivity contribution in [1.82, 2.24) is 0 Å². The smallest absolute Gasteiger partial charge is 0.307 e. The van der Waals surface area contributed by atoms with Crippen molar-refractivity contribution < 1.29 is 14.6 Å². The molecule has 0 aliphatic heterocycles. The van der Waals surface area contributed by atoms with E-state index in [4.69, 9.17) is 9.84 Å². The molecule has 1 aromatic rings. The van der Waals surface area contributed by atoms with Crippen molar-refractivity contribution in [2.75, 3.05) is 7.11 Å². The fraction of sp³-hybridized carbons (Fsp3) is 0.417. The molecule has 1 fully saturated rings. The molecule has 80 valence electrons. The number of ether oxygens (including phenoxy) is 1. The Labute approximate surface area is 88.7 Å². The predicted octanol–water partition coefficient (Wildman–Crippen LogP) is 2.20. The van der Waals surface area contributed by atoms with Gasteiger partial charge in [0, 0.05) is 0 Å². The largest absolute Gasteiger partial charge is 0.496 e. The lowest BCUT2D eigenvalue weighted by molar-refractivity contribution is -0.136. The first kappa shape index (κ1) is 10.0. The first-order valence-electron chi connectivity index (χ1n) is 5.09. The van der Waals surface area contributed by atoms with Gasteiger partial charge in [0.2, 0.25) is 0 Å². The summed E-state index contributed by atoms with van der Waals surface area (Å²) in [7, 11) is 1.63. The molecule has 1 saturated carbocycles. The quantitative estimate of drug-likeness (QED) is 0.821. The molecule has 3 heteroatoms. The minimum atomic E-state index is -0.809. The van der Waals surface area contributed by atoms with Crippen LogP contribution >= 0.6 is 0 Å². The molecule has 0 unspecified atom stereocenters. The Balaban J connectivity index is 2.25. The second-order valence-corrected chi connectivity index (χ2v) is 3.92. The lowest BCUT2D eigenvalue weighted by Gasteiger charge is -2.08. The Morgan fingerprint density at radius 2 is 2.27 bits per heavy atom. The van der Waals surface area contributed by atoms with Crippen LogP contribution < -0.4 is 4.74 Å². The van der Waals surface area contributed by atoms with Gasteiger partial charge >= 0.3 is 5.97 Å². The molecule has 1 N–H and O–H groups in total. The van der Waals surface area contributed by atoms with Crippen LogP contribution in [0, 0.1) is 0 Å². The molecule has 0 saturated heterocycles. The molecule has 0 bridgehead atoms. The maximum Gasteiger partial charge on any atom is 0.307 e. The molecular weight excluding hydrogens is 192 g/mol. The zero-order valence-corrected chi connectivity index (χ0v) is 8.69. The van der Waals surface area contributed by atoms with Crippen LogP contribution in [-0.4, -0.2) is 18.2 Å². The molecule has 0 amide bonds. The normalized spacial score (nSPS) is 15.0. The summed E-state index contributed by atoms with van der Waals surface area (Å²) in [6.45, 7) is 0. The van der Waals surface area contributed by atoms with Crippen LogP contribution in [0.1, 0.15) is 29.9 Å². The fourth-order valence-corrected chi connectivity index (χ4v) is 1.77. The van der Waals surface area contributed by atoms with Gasteiger partial charge in [-0.15, -0.1) is 0 Å². The summed E-state index contributed by atoms with van der Waals surface area (Å²) < 4.78 is 5.28. The summed E-state index contributed by atoms with van der Waals surface area (Å²) in [6.07, 6.45) is 2.49. The number of rotatable bonds is 4. The van der Waals surface area contributed by atoms with Gasteiger partial charge in [0.1, 0.15) is 5.75 Å². The van der Waals surface area contributed by atoms with Crippen molar-refractivity contribution in [3.05, 3.63) is 29.3 Å². The minimum Gasteiger partial charge on any atom is -0.496 e. The number of hydrogen-bond donors (Lipinski definition) is 1. The average Bonchev–Trinajstić information content (AvgIpc) is 3.00. The summed E-state index contributed by atoms with van der Waals surface area (Å²) in [5.74, 6) is 0.645. The van der Waals surface area contributed by atoms with E-state index in [2.05, 4.69) is 0 Å². The predicted molar refractivity (Wildman–Crippen MR) is 56.3 cm³/mol. The Bertz CT molecular complexity index is 380. The summed E-state index contributed by atoms with van der Waals surface area (Å²) in [5.41, 5.74) is 2.01. The van der Waals surface area contributed by atoms with Gasteiger partial charge in [-0.25, -0.2) is 0 Å². The monoisotopic (exact) mass is 206 g/mol. The third-order valence-electron chi connectivity index (χ3n) is 2.67. The number of benzene rings is 1. The van der Waals surface area contributed by atoms with E-state index >= 15 is 0 Å². The number of aliphatic carboxylic acids is 1. The van der Waals surface area contributed by atoms with Gasteiger partial charge in [0.15, 0.2) is 0 Å². The highest BCUT2D eigenvalue weighted by Crippen LogP contribution is 2.44. The number of carbonyl (C=O) groups is 1. The third-order valence-corrected chi connectivity index (χ3v) is 2.67. The summed E-state index contributed by atoms with van der Waals surface area (Å²) in [6, 6.07) is 5.71. The van der Waals surface area contributed by atoms with E-state index in [9.17, 15) is 4.79 Å². The molecule has 0 spiro atoms. The van der Waals surface area contributed by atoms with Gasteiger partial charge in [0.05, 0.1) is 13.5 Å². The molecule has 0 atom stereocenters. The molecule has 0 aromatic heterocycles. The number of carboxylic acid groups (broad SMARTS) is 1. The standard InChI is InChI=1S/C12H14O3/c1-15-11-6-8(7-12(13)14)2-5-10(11)9-3-4-9/h2,5-6,9H,3-4,7H2,1H3,(H,13,14). The van der Waals surface area contributed by atoms with E-state index in [1.807, 2.05) is 18.2 Å².